The molecule has 0 radical (unpaired) electrons. The highest BCUT2D eigenvalue weighted by Crippen LogP contribution is 2.33. The first-order chi connectivity index (χ1) is 15.9. The van der Waals surface area contributed by atoms with Gasteiger partial charge in [-0.05, 0) is 37.3 Å². The molecule has 0 N–H and O–H groups in total. The zero-order valence-corrected chi connectivity index (χ0v) is 19.0. The van der Waals surface area contributed by atoms with Crippen LogP contribution in [0.25, 0.3) is 5.69 Å². The number of benzene rings is 2. The van der Waals surface area contributed by atoms with Gasteiger partial charge in [0, 0.05) is 37.9 Å². The Hall–Kier alpha value is -3.37. The van der Waals surface area contributed by atoms with Crippen LogP contribution in [0, 0.1) is 6.92 Å². The van der Waals surface area contributed by atoms with E-state index in [2.05, 4.69) is 5.10 Å². The van der Waals surface area contributed by atoms with E-state index in [4.69, 9.17) is 9.47 Å². The summed E-state index contributed by atoms with van der Waals surface area (Å²) in [5.41, 5.74) is 2.08. The van der Waals surface area contributed by atoms with Crippen molar-refractivity contribution in [2.24, 2.45) is 0 Å². The van der Waals surface area contributed by atoms with Crippen LogP contribution in [0.3, 0.4) is 0 Å². The van der Waals surface area contributed by atoms with Crippen molar-refractivity contribution < 1.29 is 22.7 Å². The van der Waals surface area contributed by atoms with Gasteiger partial charge in [0.15, 0.2) is 17.2 Å². The molecule has 1 fully saturated rings. The van der Waals surface area contributed by atoms with E-state index < -0.39 is 10.0 Å². The number of sulfonamides is 1. The number of fused-ring (bicyclic) bond motifs is 1. The van der Waals surface area contributed by atoms with Crippen molar-refractivity contribution in [3.8, 4) is 17.2 Å². The van der Waals surface area contributed by atoms with Crippen molar-refractivity contribution in [2.75, 3.05) is 39.4 Å². The predicted molar refractivity (Wildman–Crippen MR) is 120 cm³/mol. The number of ether oxygens (including phenoxy) is 2. The molecule has 0 aliphatic carbocycles. The van der Waals surface area contributed by atoms with Gasteiger partial charge in [-0.25, -0.2) is 13.1 Å². The minimum absolute atomic E-state index is 0.156. The number of piperazine rings is 1. The second kappa shape index (κ2) is 8.53. The van der Waals surface area contributed by atoms with E-state index in [1.54, 1.807) is 21.7 Å². The van der Waals surface area contributed by atoms with Gasteiger partial charge >= 0.3 is 0 Å². The molecule has 9 nitrogen and oxygen atoms in total. The molecule has 2 aliphatic heterocycles. The van der Waals surface area contributed by atoms with Gasteiger partial charge in [-0.15, -0.1) is 0 Å². The number of hydrogen-bond acceptors (Lipinski definition) is 6. The maximum absolute atomic E-state index is 13.1. The lowest BCUT2D eigenvalue weighted by molar-refractivity contribution is 0.0691. The third-order valence-corrected chi connectivity index (χ3v) is 7.68. The fourth-order valence-electron chi connectivity index (χ4n) is 4.04. The Labute approximate surface area is 192 Å². The normalized spacial score (nSPS) is 16.6. The van der Waals surface area contributed by atoms with Gasteiger partial charge in [0.05, 0.1) is 10.6 Å². The summed E-state index contributed by atoms with van der Waals surface area (Å²) in [6.45, 7) is 3.73. The summed E-state index contributed by atoms with van der Waals surface area (Å²) in [5.74, 6) is 0.769. The van der Waals surface area contributed by atoms with Crippen molar-refractivity contribution in [3.05, 3.63) is 66.0 Å². The Morgan fingerprint density at radius 1 is 0.909 bits per heavy atom. The number of nitrogens with zero attached hydrogens (tertiary/aromatic N) is 4. The summed E-state index contributed by atoms with van der Waals surface area (Å²) < 4.78 is 40.4. The standard InChI is InChI=1S/C23H24N4O5S/c1-17-15-20(24-27(17)18-5-3-2-4-6-18)23(28)25-9-11-26(12-10-25)33(29,30)19-7-8-21-22(16-19)32-14-13-31-21/h2-8,15-16H,9-14H2,1H3. The summed E-state index contributed by atoms with van der Waals surface area (Å²) in [6.07, 6.45) is 0. The molecular formula is C23H24N4O5S. The van der Waals surface area contributed by atoms with Gasteiger partial charge in [0.2, 0.25) is 10.0 Å². The average molecular weight is 469 g/mol. The van der Waals surface area contributed by atoms with Crippen LogP contribution in [-0.4, -0.2) is 72.7 Å². The van der Waals surface area contributed by atoms with Crippen LogP contribution in [0.5, 0.6) is 11.5 Å². The van der Waals surface area contributed by atoms with E-state index in [0.29, 0.717) is 43.5 Å². The van der Waals surface area contributed by atoms with E-state index >= 15 is 0 Å². The maximum Gasteiger partial charge on any atom is 0.274 e. The molecule has 2 aliphatic rings. The van der Waals surface area contributed by atoms with Crippen molar-refractivity contribution in [3.63, 3.8) is 0 Å². The number of aryl methyl sites for hydroxylation is 1. The van der Waals surface area contributed by atoms with Crippen LogP contribution < -0.4 is 9.47 Å². The Morgan fingerprint density at radius 2 is 1.61 bits per heavy atom. The van der Waals surface area contributed by atoms with Crippen molar-refractivity contribution >= 4 is 15.9 Å². The summed E-state index contributed by atoms with van der Waals surface area (Å²) in [5, 5.41) is 4.48. The largest absolute Gasteiger partial charge is 0.486 e. The molecule has 172 valence electrons. The second-order valence-corrected chi connectivity index (χ2v) is 9.86. The van der Waals surface area contributed by atoms with Gasteiger partial charge in [0.1, 0.15) is 13.2 Å². The van der Waals surface area contributed by atoms with Crippen molar-refractivity contribution in [1.29, 1.82) is 0 Å². The van der Waals surface area contributed by atoms with E-state index in [1.807, 2.05) is 37.3 Å². The molecule has 3 heterocycles. The minimum atomic E-state index is -3.71. The number of rotatable bonds is 4. The van der Waals surface area contributed by atoms with Crippen LogP contribution >= 0.6 is 0 Å². The van der Waals surface area contributed by atoms with Gasteiger partial charge < -0.3 is 14.4 Å². The van der Waals surface area contributed by atoms with Crippen molar-refractivity contribution in [2.45, 2.75) is 11.8 Å². The summed E-state index contributed by atoms with van der Waals surface area (Å²) >= 11 is 0. The molecule has 33 heavy (non-hydrogen) atoms. The second-order valence-electron chi connectivity index (χ2n) is 7.92. The third kappa shape index (κ3) is 4.07. The van der Waals surface area contributed by atoms with Crippen LogP contribution in [0.1, 0.15) is 16.2 Å². The first kappa shape index (κ1) is 21.5. The Balaban J connectivity index is 1.28. The van der Waals surface area contributed by atoms with E-state index in [9.17, 15) is 13.2 Å². The first-order valence-electron chi connectivity index (χ1n) is 10.7. The Kier molecular flexibility index (Phi) is 5.55. The Morgan fingerprint density at radius 3 is 2.33 bits per heavy atom. The average Bonchev–Trinajstić information content (AvgIpc) is 3.25. The number of amides is 1. The smallest absolute Gasteiger partial charge is 0.274 e. The van der Waals surface area contributed by atoms with Gasteiger partial charge in [0.25, 0.3) is 5.91 Å². The highest BCUT2D eigenvalue weighted by Gasteiger charge is 2.32. The molecular weight excluding hydrogens is 444 g/mol. The fourth-order valence-corrected chi connectivity index (χ4v) is 5.47. The summed E-state index contributed by atoms with van der Waals surface area (Å²) in [6, 6.07) is 16.0. The number of hydrogen-bond donors (Lipinski definition) is 0. The van der Waals surface area contributed by atoms with Crippen LogP contribution in [-0.2, 0) is 10.0 Å². The molecule has 1 saturated heterocycles. The third-order valence-electron chi connectivity index (χ3n) is 5.78. The van der Waals surface area contributed by atoms with Crippen LogP contribution in [0.15, 0.2) is 59.5 Å². The molecule has 3 aromatic rings. The molecule has 0 atom stereocenters. The maximum atomic E-state index is 13.1. The zero-order chi connectivity index (χ0) is 23.0. The molecule has 0 unspecified atom stereocenters. The monoisotopic (exact) mass is 468 g/mol. The topological polar surface area (TPSA) is 94.0 Å². The molecule has 0 bridgehead atoms. The van der Waals surface area contributed by atoms with E-state index in [1.165, 1.54) is 16.4 Å². The van der Waals surface area contributed by atoms with Crippen molar-refractivity contribution in [1.82, 2.24) is 19.0 Å². The van der Waals surface area contributed by atoms with Crippen LogP contribution in [0.2, 0.25) is 0 Å². The van der Waals surface area contributed by atoms with E-state index in [0.717, 1.165) is 11.4 Å². The lowest BCUT2D eigenvalue weighted by atomic mass is 10.3. The highest BCUT2D eigenvalue weighted by atomic mass is 32.2. The molecule has 1 aromatic heterocycles. The SMILES string of the molecule is Cc1cc(C(=O)N2CCN(S(=O)(=O)c3ccc4c(c3)OCCO4)CC2)nn1-c1ccccc1. The number of carbonyl (C=O) groups is 1. The molecule has 10 heteroatoms. The van der Waals surface area contributed by atoms with Gasteiger partial charge in [-0.2, -0.15) is 9.40 Å². The molecule has 0 saturated carbocycles. The number of para-hydroxylation sites is 1. The molecule has 5 rings (SSSR count). The van der Waals surface area contributed by atoms with Gasteiger partial charge in [-0.1, -0.05) is 18.2 Å². The van der Waals surface area contributed by atoms with Gasteiger partial charge in [-0.3, -0.25) is 4.79 Å². The molecule has 2 aromatic carbocycles. The molecule has 0 spiro atoms. The molecule has 1 amide bonds. The highest BCUT2D eigenvalue weighted by molar-refractivity contribution is 7.89. The number of aromatic nitrogens is 2. The fraction of sp³-hybridized carbons (Fsp3) is 0.304. The first-order valence-corrected chi connectivity index (χ1v) is 12.2. The summed E-state index contributed by atoms with van der Waals surface area (Å²) in [4.78, 5) is 14.8. The van der Waals surface area contributed by atoms with Crippen LogP contribution in [0.4, 0.5) is 0 Å². The van der Waals surface area contributed by atoms with E-state index in [-0.39, 0.29) is 23.9 Å². The predicted octanol–water partition coefficient (Wildman–Crippen LogP) is 2.10. The minimum Gasteiger partial charge on any atom is -0.486 e. The lowest BCUT2D eigenvalue weighted by Crippen LogP contribution is -2.50. The quantitative estimate of drug-likeness (QED) is 0.582. The lowest BCUT2D eigenvalue weighted by Gasteiger charge is -2.33. The number of carbonyl (C=O) groups excluding carboxylic acids is 1. The Bertz CT molecular complexity index is 1280. The zero-order valence-electron chi connectivity index (χ0n) is 18.2. The summed E-state index contributed by atoms with van der Waals surface area (Å²) in [7, 11) is -3.71.